The van der Waals surface area contributed by atoms with Crippen LogP contribution >= 0.6 is 0 Å². The lowest BCUT2D eigenvalue weighted by atomic mass is 9.97. The van der Waals surface area contributed by atoms with E-state index >= 15 is 0 Å². The van der Waals surface area contributed by atoms with E-state index in [4.69, 9.17) is 4.74 Å². The molecule has 4 aromatic rings. The van der Waals surface area contributed by atoms with Gasteiger partial charge in [0.25, 0.3) is 0 Å². The molecule has 1 fully saturated rings. The fourth-order valence-electron chi connectivity index (χ4n) is 5.19. The van der Waals surface area contributed by atoms with Gasteiger partial charge in [-0.2, -0.15) is 5.10 Å². The van der Waals surface area contributed by atoms with Gasteiger partial charge in [0.2, 0.25) is 0 Å². The zero-order valence-electron chi connectivity index (χ0n) is 19.8. The quantitative estimate of drug-likeness (QED) is 0.481. The monoisotopic (exact) mass is 448 g/mol. The Hall–Kier alpha value is -3.13. The van der Waals surface area contributed by atoms with E-state index in [-0.39, 0.29) is 11.7 Å². The smallest absolute Gasteiger partial charge is 0.326 e. The second-order valence-electron chi connectivity index (χ2n) is 9.05. The van der Waals surface area contributed by atoms with Gasteiger partial charge in [0, 0.05) is 24.3 Å². The summed E-state index contributed by atoms with van der Waals surface area (Å²) >= 11 is 0. The molecule has 1 saturated heterocycles. The molecule has 1 aliphatic rings. The van der Waals surface area contributed by atoms with Crippen molar-refractivity contribution >= 4 is 16.7 Å². The van der Waals surface area contributed by atoms with Crippen LogP contribution in [-0.2, 0) is 6.42 Å². The molecule has 0 spiro atoms. The molecule has 4 heterocycles. The number of fused-ring (bicyclic) bond motifs is 2. The van der Waals surface area contributed by atoms with Crippen LogP contribution in [0, 0.1) is 0 Å². The molecule has 8 nitrogen and oxygen atoms in total. The molecule has 2 atom stereocenters. The first-order valence-electron chi connectivity index (χ1n) is 11.9. The molecule has 1 N–H and O–H groups in total. The number of benzene rings is 1. The summed E-state index contributed by atoms with van der Waals surface area (Å²) in [5.74, 6) is 0.672. The van der Waals surface area contributed by atoms with Gasteiger partial charge in [-0.15, -0.1) is 0 Å². The standard InChI is InChI=1S/C25H32N6O2/c1-5-16(3)29-9-7-8-19(14-29)31-22-10-17(6-2)20(12-21(22)28-25(31)32)18-11-23(33-4)24-26-15-27-30(24)13-18/h10-13,15-16,19H,5-9,14H2,1-4H3,(H,28,32)/t16?,19-/m1/s1. The maximum atomic E-state index is 13.1. The predicted molar refractivity (Wildman–Crippen MR) is 130 cm³/mol. The van der Waals surface area contributed by atoms with E-state index in [9.17, 15) is 4.79 Å². The molecular weight excluding hydrogens is 416 g/mol. The number of nitrogens with zero attached hydrogens (tertiary/aromatic N) is 5. The summed E-state index contributed by atoms with van der Waals surface area (Å²) in [5, 5.41) is 4.30. The summed E-state index contributed by atoms with van der Waals surface area (Å²) in [6.07, 6.45) is 7.61. The van der Waals surface area contributed by atoms with E-state index in [2.05, 4.69) is 52.9 Å². The summed E-state index contributed by atoms with van der Waals surface area (Å²) < 4.78 is 9.29. The van der Waals surface area contributed by atoms with E-state index in [1.807, 2.05) is 16.8 Å². The fraction of sp³-hybridized carbons (Fsp3) is 0.480. The molecule has 1 aromatic carbocycles. The summed E-state index contributed by atoms with van der Waals surface area (Å²) in [5.41, 5.74) is 5.76. The van der Waals surface area contributed by atoms with Crippen molar-refractivity contribution in [2.75, 3.05) is 20.2 Å². The highest BCUT2D eigenvalue weighted by atomic mass is 16.5. The van der Waals surface area contributed by atoms with E-state index < -0.39 is 0 Å². The maximum Gasteiger partial charge on any atom is 0.326 e. The van der Waals surface area contributed by atoms with Crippen LogP contribution in [0.5, 0.6) is 5.75 Å². The van der Waals surface area contributed by atoms with Crippen molar-refractivity contribution in [2.24, 2.45) is 0 Å². The number of imidazole rings is 1. The van der Waals surface area contributed by atoms with Gasteiger partial charge >= 0.3 is 5.69 Å². The summed E-state index contributed by atoms with van der Waals surface area (Å²) in [4.78, 5) is 23.0. The van der Waals surface area contributed by atoms with Crippen LogP contribution in [0.3, 0.4) is 0 Å². The van der Waals surface area contributed by atoms with Gasteiger partial charge in [0.1, 0.15) is 6.33 Å². The van der Waals surface area contributed by atoms with E-state index in [1.165, 1.54) is 11.9 Å². The second-order valence-corrected chi connectivity index (χ2v) is 9.05. The number of H-pyrrole nitrogens is 1. The van der Waals surface area contributed by atoms with Crippen LogP contribution in [0.15, 0.2) is 35.5 Å². The molecule has 8 heteroatoms. The number of methoxy groups -OCH3 is 1. The molecule has 174 valence electrons. The third-order valence-corrected chi connectivity index (χ3v) is 7.20. The SMILES string of the molecule is CCc1cc2c(cc1-c1cc(OC)c3ncnn3c1)[nH]c(=O)n2[C@@H]1CCCN(C(C)CC)C1. The van der Waals surface area contributed by atoms with Gasteiger partial charge < -0.3 is 9.72 Å². The van der Waals surface area contributed by atoms with Crippen molar-refractivity contribution in [3.63, 3.8) is 0 Å². The Morgan fingerprint density at radius 1 is 1.27 bits per heavy atom. The van der Waals surface area contributed by atoms with Crippen molar-refractivity contribution < 1.29 is 4.74 Å². The lowest BCUT2D eigenvalue weighted by Gasteiger charge is -2.37. The molecule has 0 bridgehead atoms. The van der Waals surface area contributed by atoms with Crippen LogP contribution in [0.2, 0.25) is 0 Å². The van der Waals surface area contributed by atoms with E-state index in [0.29, 0.717) is 17.4 Å². The van der Waals surface area contributed by atoms with Crippen LogP contribution < -0.4 is 10.4 Å². The predicted octanol–water partition coefficient (Wildman–Crippen LogP) is 4.05. The van der Waals surface area contributed by atoms with Crippen molar-refractivity contribution in [1.29, 1.82) is 0 Å². The Balaban J connectivity index is 1.61. The molecule has 0 amide bonds. The number of aromatic nitrogens is 5. The zero-order chi connectivity index (χ0) is 23.1. The molecule has 3 aromatic heterocycles. The molecule has 5 rings (SSSR count). The highest BCUT2D eigenvalue weighted by Crippen LogP contribution is 2.33. The minimum absolute atomic E-state index is 0.0236. The first-order valence-corrected chi connectivity index (χ1v) is 11.9. The average molecular weight is 449 g/mol. The molecule has 33 heavy (non-hydrogen) atoms. The second kappa shape index (κ2) is 8.67. The number of nitrogens with one attached hydrogen (secondary N) is 1. The fourth-order valence-corrected chi connectivity index (χ4v) is 5.19. The third-order valence-electron chi connectivity index (χ3n) is 7.20. The number of pyridine rings is 1. The lowest BCUT2D eigenvalue weighted by molar-refractivity contribution is 0.132. The minimum Gasteiger partial charge on any atom is -0.493 e. The Labute approximate surface area is 193 Å². The van der Waals surface area contributed by atoms with Crippen LogP contribution in [0.1, 0.15) is 51.6 Å². The Kier molecular flexibility index (Phi) is 5.70. The number of likely N-dealkylation sites (tertiary alicyclic amines) is 1. The van der Waals surface area contributed by atoms with Crippen LogP contribution in [0.4, 0.5) is 0 Å². The number of hydrogen-bond donors (Lipinski definition) is 1. The highest BCUT2D eigenvalue weighted by Gasteiger charge is 2.27. The van der Waals surface area contributed by atoms with Crippen molar-refractivity contribution in [1.82, 2.24) is 29.0 Å². The van der Waals surface area contributed by atoms with Gasteiger partial charge in [-0.25, -0.2) is 14.3 Å². The highest BCUT2D eigenvalue weighted by molar-refractivity contribution is 5.85. The Morgan fingerprint density at radius 2 is 2.12 bits per heavy atom. The number of aryl methyl sites for hydroxylation is 1. The largest absolute Gasteiger partial charge is 0.493 e. The summed E-state index contributed by atoms with van der Waals surface area (Å²) in [6.45, 7) is 8.69. The lowest BCUT2D eigenvalue weighted by Crippen LogP contribution is -2.43. The van der Waals surface area contributed by atoms with Crippen LogP contribution in [-0.4, -0.2) is 55.3 Å². The maximum absolute atomic E-state index is 13.1. The topological polar surface area (TPSA) is 80.5 Å². The Bertz CT molecular complexity index is 1350. The van der Waals surface area contributed by atoms with E-state index in [0.717, 1.165) is 60.9 Å². The van der Waals surface area contributed by atoms with Gasteiger partial charge in [-0.3, -0.25) is 9.47 Å². The van der Waals surface area contributed by atoms with Gasteiger partial charge in [-0.1, -0.05) is 13.8 Å². The molecular formula is C25H32N6O2. The Morgan fingerprint density at radius 3 is 2.88 bits per heavy atom. The first-order chi connectivity index (χ1) is 16.0. The van der Waals surface area contributed by atoms with Gasteiger partial charge in [0.15, 0.2) is 11.4 Å². The molecule has 0 radical (unpaired) electrons. The normalized spacial score (nSPS) is 18.2. The number of hydrogen-bond acceptors (Lipinski definition) is 5. The molecule has 0 aliphatic carbocycles. The van der Waals surface area contributed by atoms with Crippen molar-refractivity contribution in [3.8, 4) is 16.9 Å². The third kappa shape index (κ3) is 3.72. The summed E-state index contributed by atoms with van der Waals surface area (Å²) in [7, 11) is 1.64. The van der Waals surface area contributed by atoms with Gasteiger partial charge in [0.05, 0.1) is 24.2 Å². The van der Waals surface area contributed by atoms with Crippen molar-refractivity contribution in [2.45, 2.75) is 58.5 Å². The first kappa shape index (κ1) is 21.7. The number of piperidine rings is 1. The zero-order valence-corrected chi connectivity index (χ0v) is 19.8. The number of rotatable bonds is 6. The molecule has 1 aliphatic heterocycles. The minimum atomic E-state index is -0.0236. The molecule has 0 saturated carbocycles. The number of aromatic amines is 1. The van der Waals surface area contributed by atoms with E-state index in [1.54, 1.807) is 11.6 Å². The summed E-state index contributed by atoms with van der Waals surface area (Å²) in [6, 6.07) is 7.00. The number of ether oxygens (including phenoxy) is 1. The average Bonchev–Trinajstić information content (AvgIpc) is 3.45. The van der Waals surface area contributed by atoms with Gasteiger partial charge in [-0.05, 0) is 68.5 Å². The molecule has 1 unspecified atom stereocenters. The van der Waals surface area contributed by atoms with Crippen LogP contribution in [0.25, 0.3) is 27.8 Å². The van der Waals surface area contributed by atoms with Crippen molar-refractivity contribution in [3.05, 3.63) is 46.8 Å².